The van der Waals surface area contributed by atoms with Crippen molar-refractivity contribution in [3.63, 3.8) is 0 Å². The van der Waals surface area contributed by atoms with Crippen molar-refractivity contribution in [3.8, 4) is 11.8 Å². The van der Waals surface area contributed by atoms with Crippen molar-refractivity contribution in [2.75, 3.05) is 7.11 Å². The molecular weight excluding hydrogens is 354 g/mol. The summed E-state index contributed by atoms with van der Waals surface area (Å²) in [5.41, 5.74) is 0.959. The van der Waals surface area contributed by atoms with Gasteiger partial charge in [0.2, 0.25) is 17.7 Å². The molecule has 1 N–H and O–H groups in total. The average Bonchev–Trinajstić information content (AvgIpc) is 2.65. The van der Waals surface area contributed by atoms with E-state index in [1.165, 1.54) is 0 Å². The molecule has 2 aromatic rings. The maximum Gasteiger partial charge on any atom is 0.235 e. The maximum atomic E-state index is 12.2. The van der Waals surface area contributed by atoms with Crippen LogP contribution in [0.3, 0.4) is 0 Å². The summed E-state index contributed by atoms with van der Waals surface area (Å²) in [7, 11) is 1.55. The lowest BCUT2D eigenvalue weighted by Crippen LogP contribution is -2.40. The Morgan fingerprint density at radius 1 is 1.15 bits per heavy atom. The van der Waals surface area contributed by atoms with E-state index in [1.54, 1.807) is 31.6 Å². The Morgan fingerprint density at radius 2 is 1.85 bits per heavy atom. The van der Waals surface area contributed by atoms with E-state index in [2.05, 4.69) is 15.3 Å². The SMILES string of the molecule is COc1cncc(OC2CCC(NC(=O)Cc3ccc(Cl)cc3)CC2)n1. The van der Waals surface area contributed by atoms with Crippen LogP contribution < -0.4 is 14.8 Å². The third-order valence-electron chi connectivity index (χ3n) is 4.40. The second-order valence-corrected chi connectivity index (χ2v) is 6.80. The molecule has 0 bridgehead atoms. The van der Waals surface area contributed by atoms with E-state index in [0.29, 0.717) is 23.2 Å². The molecule has 6 nitrogen and oxygen atoms in total. The summed E-state index contributed by atoms with van der Waals surface area (Å²) in [5, 5.41) is 3.78. The highest BCUT2D eigenvalue weighted by Gasteiger charge is 2.24. The Kier molecular flexibility index (Phi) is 6.28. The molecule has 138 valence electrons. The topological polar surface area (TPSA) is 73.3 Å². The zero-order valence-corrected chi connectivity index (χ0v) is 15.4. The minimum atomic E-state index is 0.0374. The number of hydrogen-bond acceptors (Lipinski definition) is 5. The lowest BCUT2D eigenvalue weighted by molar-refractivity contribution is -0.121. The molecule has 1 amide bonds. The van der Waals surface area contributed by atoms with Crippen LogP contribution in [-0.4, -0.2) is 35.1 Å². The van der Waals surface area contributed by atoms with Crippen LogP contribution >= 0.6 is 11.6 Å². The third-order valence-corrected chi connectivity index (χ3v) is 4.66. The number of nitrogens with one attached hydrogen (secondary N) is 1. The highest BCUT2D eigenvalue weighted by atomic mass is 35.5. The maximum absolute atomic E-state index is 12.2. The second kappa shape index (κ2) is 8.85. The number of benzene rings is 1. The summed E-state index contributed by atoms with van der Waals surface area (Å²) < 4.78 is 10.9. The van der Waals surface area contributed by atoms with E-state index in [-0.39, 0.29) is 18.1 Å². The van der Waals surface area contributed by atoms with Crippen LogP contribution in [0.15, 0.2) is 36.7 Å². The van der Waals surface area contributed by atoms with Crippen molar-refractivity contribution in [1.82, 2.24) is 15.3 Å². The van der Waals surface area contributed by atoms with Crippen molar-refractivity contribution in [2.45, 2.75) is 44.2 Å². The van der Waals surface area contributed by atoms with Gasteiger partial charge in [-0.2, -0.15) is 4.98 Å². The van der Waals surface area contributed by atoms with Crippen molar-refractivity contribution >= 4 is 17.5 Å². The zero-order valence-electron chi connectivity index (χ0n) is 14.7. The van der Waals surface area contributed by atoms with Crippen LogP contribution in [0.1, 0.15) is 31.2 Å². The number of halogens is 1. The van der Waals surface area contributed by atoms with Crippen LogP contribution in [0.5, 0.6) is 11.8 Å². The van der Waals surface area contributed by atoms with Crippen molar-refractivity contribution in [3.05, 3.63) is 47.2 Å². The van der Waals surface area contributed by atoms with Gasteiger partial charge in [0, 0.05) is 11.1 Å². The van der Waals surface area contributed by atoms with Crippen LogP contribution in [0, 0.1) is 0 Å². The van der Waals surface area contributed by atoms with Gasteiger partial charge in [0.1, 0.15) is 6.10 Å². The van der Waals surface area contributed by atoms with Gasteiger partial charge in [-0.15, -0.1) is 0 Å². The van der Waals surface area contributed by atoms with Gasteiger partial charge in [0.25, 0.3) is 0 Å². The van der Waals surface area contributed by atoms with Crippen LogP contribution in [0.25, 0.3) is 0 Å². The molecule has 1 fully saturated rings. The number of hydrogen-bond donors (Lipinski definition) is 1. The third kappa shape index (κ3) is 5.33. The number of amides is 1. The predicted molar refractivity (Wildman–Crippen MR) is 98.6 cm³/mol. The molecule has 0 spiro atoms. The molecule has 0 saturated heterocycles. The molecule has 1 saturated carbocycles. The Morgan fingerprint density at radius 3 is 2.54 bits per heavy atom. The number of aromatic nitrogens is 2. The monoisotopic (exact) mass is 375 g/mol. The fourth-order valence-electron chi connectivity index (χ4n) is 3.05. The molecule has 0 aliphatic heterocycles. The summed E-state index contributed by atoms with van der Waals surface area (Å²) in [6, 6.07) is 7.54. The number of ether oxygens (including phenoxy) is 2. The molecule has 1 aliphatic rings. The van der Waals surface area contributed by atoms with E-state index in [0.717, 1.165) is 31.2 Å². The van der Waals surface area contributed by atoms with Crippen LogP contribution in [-0.2, 0) is 11.2 Å². The first-order valence-corrected chi connectivity index (χ1v) is 9.06. The van der Waals surface area contributed by atoms with Gasteiger partial charge in [-0.05, 0) is 43.4 Å². The zero-order chi connectivity index (χ0) is 18.4. The first-order chi connectivity index (χ1) is 12.6. The molecule has 0 atom stereocenters. The molecular formula is C19H22ClN3O3. The fourth-order valence-corrected chi connectivity index (χ4v) is 3.17. The molecule has 7 heteroatoms. The molecule has 1 aromatic heterocycles. The molecule has 0 radical (unpaired) electrons. The van der Waals surface area contributed by atoms with Gasteiger partial charge >= 0.3 is 0 Å². The van der Waals surface area contributed by atoms with Gasteiger partial charge in [-0.3, -0.25) is 9.78 Å². The van der Waals surface area contributed by atoms with Crippen LogP contribution in [0.4, 0.5) is 0 Å². The standard InChI is InChI=1S/C19H22ClN3O3/c1-25-18-11-21-12-19(23-18)26-16-8-6-15(7-9-16)22-17(24)10-13-2-4-14(20)5-3-13/h2-5,11-12,15-16H,6-10H2,1H3,(H,22,24). The van der Waals surface area contributed by atoms with E-state index in [9.17, 15) is 4.79 Å². The second-order valence-electron chi connectivity index (χ2n) is 6.36. The molecule has 3 rings (SSSR count). The number of rotatable bonds is 6. The lowest BCUT2D eigenvalue weighted by atomic mass is 9.92. The minimum Gasteiger partial charge on any atom is -0.480 e. The Bertz CT molecular complexity index is 731. The van der Waals surface area contributed by atoms with E-state index < -0.39 is 0 Å². The minimum absolute atomic E-state index is 0.0374. The number of nitrogens with zero attached hydrogens (tertiary/aromatic N) is 2. The predicted octanol–water partition coefficient (Wildman–Crippen LogP) is 3.19. The van der Waals surface area contributed by atoms with Crippen molar-refractivity contribution in [1.29, 1.82) is 0 Å². The Balaban J connectivity index is 1.43. The highest BCUT2D eigenvalue weighted by molar-refractivity contribution is 6.30. The van der Waals surface area contributed by atoms with E-state index in [4.69, 9.17) is 21.1 Å². The molecule has 0 unspecified atom stereocenters. The van der Waals surface area contributed by atoms with E-state index >= 15 is 0 Å². The quantitative estimate of drug-likeness (QED) is 0.839. The molecule has 1 aliphatic carbocycles. The first-order valence-electron chi connectivity index (χ1n) is 8.69. The Hall–Kier alpha value is -2.34. The van der Waals surface area contributed by atoms with Gasteiger partial charge in [-0.1, -0.05) is 23.7 Å². The normalized spacial score (nSPS) is 19.6. The van der Waals surface area contributed by atoms with E-state index in [1.807, 2.05) is 12.1 Å². The van der Waals surface area contributed by atoms with Gasteiger partial charge < -0.3 is 14.8 Å². The van der Waals surface area contributed by atoms with Gasteiger partial charge in [0.05, 0.1) is 25.9 Å². The summed E-state index contributed by atoms with van der Waals surface area (Å²) in [6.45, 7) is 0. The number of carbonyl (C=O) groups excluding carboxylic acids is 1. The Labute approximate surface area is 157 Å². The summed E-state index contributed by atoms with van der Waals surface area (Å²) in [4.78, 5) is 20.5. The molecule has 26 heavy (non-hydrogen) atoms. The largest absolute Gasteiger partial charge is 0.480 e. The fraction of sp³-hybridized carbons (Fsp3) is 0.421. The number of carbonyl (C=O) groups is 1. The highest BCUT2D eigenvalue weighted by Crippen LogP contribution is 2.23. The lowest BCUT2D eigenvalue weighted by Gasteiger charge is -2.29. The van der Waals surface area contributed by atoms with Crippen molar-refractivity contribution in [2.24, 2.45) is 0 Å². The number of methoxy groups -OCH3 is 1. The smallest absolute Gasteiger partial charge is 0.235 e. The summed E-state index contributed by atoms with van der Waals surface area (Å²) in [5.74, 6) is 0.945. The van der Waals surface area contributed by atoms with Crippen molar-refractivity contribution < 1.29 is 14.3 Å². The van der Waals surface area contributed by atoms with Gasteiger partial charge in [0.15, 0.2) is 0 Å². The van der Waals surface area contributed by atoms with Gasteiger partial charge in [-0.25, -0.2) is 0 Å². The first kappa shape index (κ1) is 18.5. The average molecular weight is 376 g/mol. The molecule has 1 aromatic carbocycles. The molecule has 1 heterocycles. The summed E-state index contributed by atoms with van der Waals surface area (Å²) >= 11 is 5.86. The summed E-state index contributed by atoms with van der Waals surface area (Å²) in [6.07, 6.45) is 7.08. The van der Waals surface area contributed by atoms with Crippen LogP contribution in [0.2, 0.25) is 5.02 Å².